The van der Waals surface area contributed by atoms with Crippen molar-refractivity contribution >= 4 is 83.1 Å². The van der Waals surface area contributed by atoms with Crippen LogP contribution >= 0.6 is 0 Å². The van der Waals surface area contributed by atoms with E-state index in [0.717, 1.165) is 88.3 Å². The maximum absolute atomic E-state index is 6.51. The molecule has 244 valence electrons. The van der Waals surface area contributed by atoms with Crippen LogP contribution in [-0.4, -0.2) is 15.0 Å². The molecule has 0 aliphatic heterocycles. The molecule has 0 atom stereocenters. The van der Waals surface area contributed by atoms with E-state index in [1.165, 1.54) is 0 Å². The first-order chi connectivity index (χ1) is 25.8. The van der Waals surface area contributed by atoms with Crippen LogP contribution in [0.1, 0.15) is 0 Å². The van der Waals surface area contributed by atoms with Crippen molar-refractivity contribution in [3.8, 4) is 22.8 Å². The van der Waals surface area contributed by atoms with Crippen LogP contribution in [0.2, 0.25) is 0 Å². The SMILES string of the molecule is c1ccc(N(c2nc(-c3ccc4oc5ccccc5c4c3)nc(-c3cccc4c3oc3ccccc34)n2)c2cccc3oc4ccccc4c23)cc1. The summed E-state index contributed by atoms with van der Waals surface area (Å²) in [6.45, 7) is 0. The summed E-state index contributed by atoms with van der Waals surface area (Å²) in [5, 5.41) is 6.04. The van der Waals surface area contributed by atoms with Gasteiger partial charge in [0.2, 0.25) is 5.95 Å². The smallest absolute Gasteiger partial charge is 0.238 e. The van der Waals surface area contributed by atoms with E-state index in [-0.39, 0.29) is 0 Å². The van der Waals surface area contributed by atoms with Crippen molar-refractivity contribution < 1.29 is 13.3 Å². The van der Waals surface area contributed by atoms with Gasteiger partial charge in [0.15, 0.2) is 11.6 Å². The normalized spacial score (nSPS) is 11.8. The van der Waals surface area contributed by atoms with Crippen molar-refractivity contribution in [3.05, 3.63) is 158 Å². The van der Waals surface area contributed by atoms with Crippen molar-refractivity contribution in [3.63, 3.8) is 0 Å². The quantitative estimate of drug-likeness (QED) is 0.180. The Kier molecular flexibility index (Phi) is 6.12. The summed E-state index contributed by atoms with van der Waals surface area (Å²) in [6, 6.07) is 52.7. The second-order valence-electron chi connectivity index (χ2n) is 12.8. The number of fused-ring (bicyclic) bond motifs is 9. The Labute approximate surface area is 296 Å². The summed E-state index contributed by atoms with van der Waals surface area (Å²) >= 11 is 0. The molecule has 4 heterocycles. The van der Waals surface area contributed by atoms with E-state index in [0.29, 0.717) is 17.6 Å². The van der Waals surface area contributed by atoms with E-state index >= 15 is 0 Å². The predicted molar refractivity (Wildman–Crippen MR) is 207 cm³/mol. The molecule has 0 saturated heterocycles. The Balaban J connectivity index is 1.22. The van der Waals surface area contributed by atoms with E-state index in [1.807, 2.05) is 109 Å². The first-order valence-electron chi connectivity index (χ1n) is 17.1. The summed E-state index contributed by atoms with van der Waals surface area (Å²) in [7, 11) is 0. The van der Waals surface area contributed by atoms with Gasteiger partial charge >= 0.3 is 0 Å². The Morgan fingerprint density at radius 3 is 1.83 bits per heavy atom. The fourth-order valence-corrected chi connectivity index (χ4v) is 7.38. The van der Waals surface area contributed by atoms with Gasteiger partial charge in [0, 0.05) is 38.2 Å². The number of benzene rings is 7. The Morgan fingerprint density at radius 2 is 1.00 bits per heavy atom. The molecular formula is C45H26N4O3. The average molecular weight is 671 g/mol. The van der Waals surface area contributed by atoms with Gasteiger partial charge in [-0.25, -0.2) is 4.98 Å². The van der Waals surface area contributed by atoms with Gasteiger partial charge in [-0.15, -0.1) is 0 Å². The number of hydrogen-bond donors (Lipinski definition) is 0. The third kappa shape index (κ3) is 4.36. The number of para-hydroxylation sites is 5. The predicted octanol–water partition coefficient (Wildman–Crippen LogP) is 12.4. The molecule has 0 fully saturated rings. The molecule has 0 unspecified atom stereocenters. The van der Waals surface area contributed by atoms with Crippen LogP contribution in [0.3, 0.4) is 0 Å². The molecule has 11 rings (SSSR count). The molecule has 0 amide bonds. The van der Waals surface area contributed by atoms with Gasteiger partial charge in [-0.05, 0) is 66.7 Å². The lowest BCUT2D eigenvalue weighted by Gasteiger charge is -2.24. The molecule has 11 aromatic rings. The monoisotopic (exact) mass is 670 g/mol. The van der Waals surface area contributed by atoms with Crippen LogP contribution in [0.25, 0.3) is 88.6 Å². The zero-order chi connectivity index (χ0) is 34.2. The van der Waals surface area contributed by atoms with Crippen LogP contribution < -0.4 is 4.90 Å². The topological polar surface area (TPSA) is 81.3 Å². The average Bonchev–Trinajstić information content (AvgIpc) is 3.89. The molecule has 0 bridgehead atoms. The summed E-state index contributed by atoms with van der Waals surface area (Å²) < 4.78 is 19.0. The fourth-order valence-electron chi connectivity index (χ4n) is 7.38. The van der Waals surface area contributed by atoms with Crippen molar-refractivity contribution in [2.75, 3.05) is 4.90 Å². The standard InChI is InChI=1S/C45H26N4O3/c1-2-12-28(13-3-1)49(35-19-11-23-40-41(35)32-16-6-9-22-38(32)51-40)45-47-43(27-24-25-39-34(26-27)30-15-5-7-20-36(30)50-39)46-44(48-45)33-18-10-17-31-29-14-4-8-21-37(29)52-42(31)33/h1-26H. The van der Waals surface area contributed by atoms with Crippen LogP contribution in [0.15, 0.2) is 171 Å². The van der Waals surface area contributed by atoms with Crippen molar-refractivity contribution in [1.29, 1.82) is 0 Å². The number of anilines is 3. The maximum atomic E-state index is 6.51. The van der Waals surface area contributed by atoms with Crippen molar-refractivity contribution in [2.45, 2.75) is 0 Å². The second kappa shape index (κ2) is 11.1. The third-order valence-corrected chi connectivity index (χ3v) is 9.74. The minimum Gasteiger partial charge on any atom is -0.456 e. The van der Waals surface area contributed by atoms with E-state index in [4.69, 9.17) is 28.2 Å². The largest absolute Gasteiger partial charge is 0.456 e. The van der Waals surface area contributed by atoms with E-state index in [1.54, 1.807) is 0 Å². The van der Waals surface area contributed by atoms with Crippen LogP contribution in [0.5, 0.6) is 0 Å². The fraction of sp³-hybridized carbons (Fsp3) is 0. The molecule has 7 heteroatoms. The van der Waals surface area contributed by atoms with E-state index in [9.17, 15) is 0 Å². The molecule has 0 N–H and O–H groups in total. The lowest BCUT2D eigenvalue weighted by atomic mass is 10.1. The lowest BCUT2D eigenvalue weighted by molar-refractivity contribution is 0.668. The summed E-state index contributed by atoms with van der Waals surface area (Å²) in [5.41, 5.74) is 8.13. The number of hydrogen-bond acceptors (Lipinski definition) is 7. The van der Waals surface area contributed by atoms with Crippen molar-refractivity contribution in [1.82, 2.24) is 15.0 Å². The van der Waals surface area contributed by atoms with E-state index < -0.39 is 0 Å². The molecular weight excluding hydrogens is 645 g/mol. The molecule has 7 nitrogen and oxygen atoms in total. The lowest BCUT2D eigenvalue weighted by Crippen LogP contribution is -2.15. The summed E-state index contributed by atoms with van der Waals surface area (Å²) in [4.78, 5) is 17.8. The molecule has 0 aliphatic carbocycles. The van der Waals surface area contributed by atoms with Gasteiger partial charge in [0.1, 0.15) is 33.5 Å². The first-order valence-corrected chi connectivity index (χ1v) is 17.1. The maximum Gasteiger partial charge on any atom is 0.238 e. The Bertz CT molecular complexity index is 3160. The molecule has 52 heavy (non-hydrogen) atoms. The van der Waals surface area contributed by atoms with E-state index in [2.05, 4.69) is 53.4 Å². The second-order valence-corrected chi connectivity index (χ2v) is 12.8. The molecule has 7 aromatic carbocycles. The van der Waals surface area contributed by atoms with Gasteiger partial charge < -0.3 is 13.3 Å². The third-order valence-electron chi connectivity index (χ3n) is 9.74. The number of furan rings is 3. The first kappa shape index (κ1) is 28.6. The summed E-state index contributed by atoms with van der Waals surface area (Å²) in [6.07, 6.45) is 0. The van der Waals surface area contributed by atoms with Gasteiger partial charge in [-0.2, -0.15) is 9.97 Å². The number of aromatic nitrogens is 3. The summed E-state index contributed by atoms with van der Waals surface area (Å²) in [5.74, 6) is 1.46. The molecule has 0 radical (unpaired) electrons. The van der Waals surface area contributed by atoms with Gasteiger partial charge in [0.25, 0.3) is 0 Å². The zero-order valence-electron chi connectivity index (χ0n) is 27.5. The van der Waals surface area contributed by atoms with Crippen LogP contribution in [-0.2, 0) is 0 Å². The number of rotatable bonds is 5. The minimum absolute atomic E-state index is 0.453. The molecule has 0 spiro atoms. The molecule has 0 saturated carbocycles. The highest BCUT2D eigenvalue weighted by molar-refractivity contribution is 6.13. The molecule has 0 aliphatic rings. The van der Waals surface area contributed by atoms with Gasteiger partial charge in [-0.3, -0.25) is 4.90 Å². The zero-order valence-corrected chi connectivity index (χ0v) is 27.5. The Morgan fingerprint density at radius 1 is 0.404 bits per heavy atom. The van der Waals surface area contributed by atoms with Gasteiger partial charge in [0.05, 0.1) is 16.6 Å². The highest BCUT2D eigenvalue weighted by Gasteiger charge is 2.25. The molecule has 4 aromatic heterocycles. The van der Waals surface area contributed by atoms with Crippen molar-refractivity contribution in [2.24, 2.45) is 0 Å². The minimum atomic E-state index is 0.453. The highest BCUT2D eigenvalue weighted by Crippen LogP contribution is 2.43. The highest BCUT2D eigenvalue weighted by atomic mass is 16.3. The number of nitrogens with zero attached hydrogens (tertiary/aromatic N) is 4. The Hall–Kier alpha value is -7.25. The van der Waals surface area contributed by atoms with Gasteiger partial charge in [-0.1, -0.05) is 91.0 Å². The van der Waals surface area contributed by atoms with Crippen LogP contribution in [0.4, 0.5) is 17.3 Å². The van der Waals surface area contributed by atoms with Crippen LogP contribution in [0, 0.1) is 0 Å².